The molecule has 1 unspecified atom stereocenters. The van der Waals surface area contributed by atoms with Gasteiger partial charge in [-0.1, -0.05) is 13.0 Å². The number of methoxy groups -OCH3 is 1. The van der Waals surface area contributed by atoms with E-state index in [-0.39, 0.29) is 5.75 Å². The maximum Gasteiger partial charge on any atom is 0.160 e. The van der Waals surface area contributed by atoms with Crippen LogP contribution in [0.4, 0.5) is 0 Å². The van der Waals surface area contributed by atoms with Gasteiger partial charge in [-0.2, -0.15) is 11.8 Å². The number of ether oxygens (including phenoxy) is 1. The van der Waals surface area contributed by atoms with Gasteiger partial charge in [0.1, 0.15) is 0 Å². The zero-order valence-corrected chi connectivity index (χ0v) is 11.5. The minimum Gasteiger partial charge on any atom is -0.504 e. The molecule has 0 fully saturated rings. The molecule has 0 aliphatic heterocycles. The Labute approximate surface area is 108 Å². The predicted molar refractivity (Wildman–Crippen MR) is 73.9 cm³/mol. The summed E-state index contributed by atoms with van der Waals surface area (Å²) in [5, 5.41) is 12.9. The van der Waals surface area contributed by atoms with Crippen LogP contribution >= 0.6 is 11.8 Å². The largest absolute Gasteiger partial charge is 0.504 e. The summed E-state index contributed by atoms with van der Waals surface area (Å²) in [4.78, 5) is 0. The predicted octanol–water partition coefficient (Wildman–Crippen LogP) is 2.49. The van der Waals surface area contributed by atoms with E-state index in [1.54, 1.807) is 13.2 Å². The molecule has 2 N–H and O–H groups in total. The van der Waals surface area contributed by atoms with Crippen molar-refractivity contribution >= 4 is 11.8 Å². The van der Waals surface area contributed by atoms with Crippen LogP contribution in [0.2, 0.25) is 0 Å². The van der Waals surface area contributed by atoms with Crippen LogP contribution in [0.25, 0.3) is 0 Å². The van der Waals surface area contributed by atoms with Gasteiger partial charge in [-0.25, -0.2) is 0 Å². The first-order valence-corrected chi connectivity index (χ1v) is 7.12. The Bertz CT molecular complexity index is 344. The fraction of sp³-hybridized carbons (Fsp3) is 0.538. The number of nitrogens with one attached hydrogen (secondary N) is 1. The molecular weight excluding hydrogens is 234 g/mol. The molecule has 0 aromatic heterocycles. The van der Waals surface area contributed by atoms with Gasteiger partial charge < -0.3 is 15.2 Å². The quantitative estimate of drug-likeness (QED) is 0.785. The highest BCUT2D eigenvalue weighted by atomic mass is 32.2. The molecule has 0 radical (unpaired) electrons. The number of benzene rings is 1. The van der Waals surface area contributed by atoms with Crippen LogP contribution in [-0.4, -0.2) is 30.8 Å². The van der Waals surface area contributed by atoms with Crippen LogP contribution in [0.3, 0.4) is 0 Å². The van der Waals surface area contributed by atoms with E-state index in [2.05, 4.69) is 18.5 Å². The van der Waals surface area contributed by atoms with Gasteiger partial charge in [-0.3, -0.25) is 0 Å². The highest BCUT2D eigenvalue weighted by molar-refractivity contribution is 7.98. The van der Waals surface area contributed by atoms with E-state index < -0.39 is 0 Å². The Hall–Kier alpha value is -0.870. The van der Waals surface area contributed by atoms with E-state index in [9.17, 15) is 5.11 Å². The van der Waals surface area contributed by atoms with Gasteiger partial charge in [-0.15, -0.1) is 0 Å². The van der Waals surface area contributed by atoms with E-state index >= 15 is 0 Å². The molecule has 3 nitrogen and oxygen atoms in total. The Morgan fingerprint density at radius 3 is 2.88 bits per heavy atom. The molecule has 4 heteroatoms. The minimum absolute atomic E-state index is 0.187. The second-order valence-corrected chi connectivity index (χ2v) is 5.11. The number of hydrogen-bond acceptors (Lipinski definition) is 4. The molecule has 0 bridgehead atoms. The summed E-state index contributed by atoms with van der Waals surface area (Å²) in [5.74, 6) is 2.56. The van der Waals surface area contributed by atoms with E-state index in [1.807, 2.05) is 23.9 Å². The Morgan fingerprint density at radius 2 is 2.24 bits per heavy atom. The van der Waals surface area contributed by atoms with Crippen LogP contribution in [0.5, 0.6) is 11.5 Å². The Balaban J connectivity index is 2.41. The summed E-state index contributed by atoms with van der Waals surface area (Å²) >= 11 is 1.87. The summed E-state index contributed by atoms with van der Waals surface area (Å²) in [6.45, 7) is 4.04. The third kappa shape index (κ3) is 4.88. The third-order valence-corrected chi connectivity index (χ3v) is 3.42. The van der Waals surface area contributed by atoms with Crippen LogP contribution < -0.4 is 10.1 Å². The third-order valence-electron chi connectivity index (χ3n) is 2.52. The van der Waals surface area contributed by atoms with Crippen LogP contribution in [0, 0.1) is 5.92 Å². The molecule has 0 saturated heterocycles. The smallest absolute Gasteiger partial charge is 0.160 e. The highest BCUT2D eigenvalue weighted by Gasteiger charge is 2.04. The van der Waals surface area contributed by atoms with Gasteiger partial charge in [0.25, 0.3) is 0 Å². The lowest BCUT2D eigenvalue weighted by molar-refractivity contribution is 0.372. The Kier molecular flexibility index (Phi) is 6.22. The van der Waals surface area contributed by atoms with Crippen LogP contribution in [-0.2, 0) is 6.54 Å². The van der Waals surface area contributed by atoms with Crippen LogP contribution in [0.1, 0.15) is 12.5 Å². The van der Waals surface area contributed by atoms with Crippen molar-refractivity contribution in [2.24, 2.45) is 5.92 Å². The van der Waals surface area contributed by atoms with E-state index in [0.717, 1.165) is 18.7 Å². The van der Waals surface area contributed by atoms with Gasteiger partial charge in [0.05, 0.1) is 7.11 Å². The number of aromatic hydroxyl groups is 1. The maximum absolute atomic E-state index is 9.47. The molecule has 0 saturated carbocycles. The maximum atomic E-state index is 9.47. The molecule has 0 aliphatic rings. The molecule has 96 valence electrons. The molecule has 0 aliphatic carbocycles. The minimum atomic E-state index is 0.187. The molecule has 0 heterocycles. The number of thioether (sulfide) groups is 1. The zero-order valence-electron chi connectivity index (χ0n) is 10.7. The second-order valence-electron chi connectivity index (χ2n) is 4.20. The molecule has 17 heavy (non-hydrogen) atoms. The molecule has 0 spiro atoms. The highest BCUT2D eigenvalue weighted by Crippen LogP contribution is 2.26. The van der Waals surface area contributed by atoms with Crippen molar-refractivity contribution in [3.05, 3.63) is 23.8 Å². The number of phenolic OH excluding ortho intramolecular Hbond substituents is 1. The number of rotatable bonds is 7. The van der Waals surface area contributed by atoms with Crippen molar-refractivity contribution in [1.82, 2.24) is 5.32 Å². The first kappa shape index (κ1) is 14.2. The standard InChI is InChI=1S/C13H21NO2S/c1-10(9-17-3)7-14-8-11-4-5-12(15)13(6-11)16-2/h4-6,10,14-15H,7-9H2,1-3H3. The first-order valence-electron chi connectivity index (χ1n) is 5.73. The molecule has 1 aromatic carbocycles. The first-order chi connectivity index (χ1) is 8.17. The summed E-state index contributed by atoms with van der Waals surface area (Å²) in [6, 6.07) is 5.44. The monoisotopic (exact) mass is 255 g/mol. The summed E-state index contributed by atoms with van der Waals surface area (Å²) in [5.41, 5.74) is 1.12. The Morgan fingerprint density at radius 1 is 1.47 bits per heavy atom. The van der Waals surface area contributed by atoms with Gasteiger partial charge in [0.15, 0.2) is 11.5 Å². The van der Waals surface area contributed by atoms with E-state index in [4.69, 9.17) is 4.74 Å². The normalized spacial score (nSPS) is 12.4. The van der Waals surface area contributed by atoms with Gasteiger partial charge in [0.2, 0.25) is 0 Å². The molecule has 1 rings (SSSR count). The van der Waals surface area contributed by atoms with E-state index in [0.29, 0.717) is 11.7 Å². The van der Waals surface area contributed by atoms with Crippen molar-refractivity contribution < 1.29 is 9.84 Å². The molecular formula is C13H21NO2S. The van der Waals surface area contributed by atoms with Gasteiger partial charge in [-0.05, 0) is 42.2 Å². The van der Waals surface area contributed by atoms with Crippen LogP contribution in [0.15, 0.2) is 18.2 Å². The fourth-order valence-corrected chi connectivity index (χ4v) is 2.33. The lowest BCUT2D eigenvalue weighted by Gasteiger charge is -2.12. The zero-order chi connectivity index (χ0) is 12.7. The summed E-state index contributed by atoms with van der Waals surface area (Å²) in [6.07, 6.45) is 2.13. The lowest BCUT2D eigenvalue weighted by atomic mass is 10.2. The average molecular weight is 255 g/mol. The number of hydrogen-bond donors (Lipinski definition) is 2. The average Bonchev–Trinajstić information content (AvgIpc) is 2.31. The van der Waals surface area contributed by atoms with Gasteiger partial charge >= 0.3 is 0 Å². The topological polar surface area (TPSA) is 41.5 Å². The van der Waals surface area contributed by atoms with Crippen molar-refractivity contribution in [2.45, 2.75) is 13.5 Å². The van der Waals surface area contributed by atoms with Gasteiger partial charge in [0, 0.05) is 6.54 Å². The molecule has 1 atom stereocenters. The summed E-state index contributed by atoms with van der Waals surface area (Å²) < 4.78 is 5.07. The van der Waals surface area contributed by atoms with Crippen molar-refractivity contribution in [3.63, 3.8) is 0 Å². The number of phenols is 1. The SMILES string of the molecule is COc1cc(CNCC(C)CSC)ccc1O. The summed E-state index contributed by atoms with van der Waals surface area (Å²) in [7, 11) is 1.56. The second kappa shape index (κ2) is 7.45. The van der Waals surface area contributed by atoms with Crippen molar-refractivity contribution in [3.8, 4) is 11.5 Å². The molecule has 1 aromatic rings. The van der Waals surface area contributed by atoms with Crippen molar-refractivity contribution in [2.75, 3.05) is 25.7 Å². The lowest BCUT2D eigenvalue weighted by Crippen LogP contribution is -2.22. The van der Waals surface area contributed by atoms with Crippen molar-refractivity contribution in [1.29, 1.82) is 0 Å². The molecule has 0 amide bonds. The van der Waals surface area contributed by atoms with E-state index in [1.165, 1.54) is 5.75 Å². The fourth-order valence-electron chi connectivity index (χ4n) is 1.64.